The summed E-state index contributed by atoms with van der Waals surface area (Å²) in [5, 5.41) is 10.2. The van der Waals surface area contributed by atoms with Gasteiger partial charge in [0.25, 0.3) is 0 Å². The van der Waals surface area contributed by atoms with Gasteiger partial charge in [-0.05, 0) is 39.2 Å². The van der Waals surface area contributed by atoms with Crippen molar-refractivity contribution >= 4 is 11.8 Å². The summed E-state index contributed by atoms with van der Waals surface area (Å²) in [6, 6.07) is 11.5. The van der Waals surface area contributed by atoms with Gasteiger partial charge in [0.05, 0.1) is 18.6 Å². The standard InChI is InChI=1S/C27H37NO6/c1-7-15-33-27(4,5)21(17-20-11-9-8-10-12-20)19(3)34-26(31)18(2)16-22(29)24-25(30)23(32-6)13-14-28-24/h8-14,18-19,21,30H,7,15-17H2,1-6H3/t18-,19+,21+/m1/s1. The second kappa shape index (κ2) is 12.5. The van der Waals surface area contributed by atoms with E-state index in [1.165, 1.54) is 19.4 Å². The molecule has 1 aromatic heterocycles. The smallest absolute Gasteiger partial charge is 0.309 e. The number of hydrogen-bond acceptors (Lipinski definition) is 7. The van der Waals surface area contributed by atoms with Crippen LogP contribution < -0.4 is 4.74 Å². The fourth-order valence-corrected chi connectivity index (χ4v) is 3.96. The average Bonchev–Trinajstić information content (AvgIpc) is 2.81. The van der Waals surface area contributed by atoms with Gasteiger partial charge in [-0.3, -0.25) is 9.59 Å². The summed E-state index contributed by atoms with van der Waals surface area (Å²) in [5.74, 6) is -1.92. The highest BCUT2D eigenvalue weighted by Gasteiger charge is 2.37. The molecule has 0 aliphatic heterocycles. The summed E-state index contributed by atoms with van der Waals surface area (Å²) in [6.45, 7) is 10.2. The Bertz CT molecular complexity index is 943. The van der Waals surface area contributed by atoms with Gasteiger partial charge in [-0.15, -0.1) is 0 Å². The van der Waals surface area contributed by atoms with Crippen molar-refractivity contribution in [1.29, 1.82) is 0 Å². The van der Waals surface area contributed by atoms with E-state index in [9.17, 15) is 14.7 Å². The molecule has 34 heavy (non-hydrogen) atoms. The summed E-state index contributed by atoms with van der Waals surface area (Å²) >= 11 is 0. The Kier molecular flexibility index (Phi) is 10.1. The molecule has 2 aromatic rings. The minimum atomic E-state index is -0.709. The van der Waals surface area contributed by atoms with Crippen LogP contribution in [0.4, 0.5) is 0 Å². The number of esters is 1. The second-order valence-electron chi connectivity index (χ2n) is 9.13. The third-order valence-corrected chi connectivity index (χ3v) is 6.00. The van der Waals surface area contributed by atoms with Crippen LogP contribution in [0.1, 0.15) is 63.5 Å². The largest absolute Gasteiger partial charge is 0.503 e. The van der Waals surface area contributed by atoms with Gasteiger partial charge in [-0.25, -0.2) is 4.98 Å². The molecule has 0 radical (unpaired) electrons. The highest BCUT2D eigenvalue weighted by molar-refractivity contribution is 5.99. The Balaban J connectivity index is 2.11. The number of benzene rings is 1. The zero-order valence-corrected chi connectivity index (χ0v) is 21.0. The molecule has 0 amide bonds. The predicted molar refractivity (Wildman–Crippen MR) is 130 cm³/mol. The van der Waals surface area contributed by atoms with E-state index in [0.717, 1.165) is 12.0 Å². The maximum absolute atomic E-state index is 12.9. The van der Waals surface area contributed by atoms with Crippen LogP contribution in [0.5, 0.6) is 11.5 Å². The van der Waals surface area contributed by atoms with Crippen LogP contribution in [0.25, 0.3) is 0 Å². The minimum absolute atomic E-state index is 0.0996. The summed E-state index contributed by atoms with van der Waals surface area (Å²) in [6.07, 6.45) is 2.36. The Hall–Kier alpha value is -2.93. The Morgan fingerprint density at radius 2 is 1.79 bits per heavy atom. The zero-order chi connectivity index (χ0) is 25.3. The molecule has 0 spiro atoms. The fourth-order valence-electron chi connectivity index (χ4n) is 3.96. The van der Waals surface area contributed by atoms with Crippen LogP contribution in [0, 0.1) is 11.8 Å². The van der Waals surface area contributed by atoms with E-state index in [1.807, 2.05) is 51.1 Å². The molecular weight excluding hydrogens is 434 g/mol. The number of ether oxygens (including phenoxy) is 3. The lowest BCUT2D eigenvalue weighted by molar-refractivity contribution is -0.163. The van der Waals surface area contributed by atoms with Crippen molar-refractivity contribution in [2.45, 2.75) is 65.6 Å². The number of nitrogens with zero attached hydrogens (tertiary/aromatic N) is 1. The number of hydrogen-bond donors (Lipinski definition) is 1. The van der Waals surface area contributed by atoms with Crippen molar-refractivity contribution in [2.75, 3.05) is 13.7 Å². The summed E-state index contributed by atoms with van der Waals surface area (Å²) in [5.41, 5.74) is 0.482. The first-order valence-electron chi connectivity index (χ1n) is 11.7. The highest BCUT2D eigenvalue weighted by atomic mass is 16.5. The molecule has 0 saturated heterocycles. The molecular formula is C27H37NO6. The van der Waals surface area contributed by atoms with Crippen LogP contribution in [0.15, 0.2) is 42.6 Å². The predicted octanol–water partition coefficient (Wildman–Crippen LogP) is 5.00. The lowest BCUT2D eigenvalue weighted by Gasteiger charge is -2.38. The normalized spacial score (nSPS) is 14.2. The molecule has 7 heteroatoms. The maximum atomic E-state index is 12.9. The lowest BCUT2D eigenvalue weighted by Crippen LogP contribution is -2.44. The first-order chi connectivity index (χ1) is 16.1. The number of Topliss-reactive ketones (excluding diaryl/α,β-unsaturated/α-hetero) is 1. The van der Waals surface area contributed by atoms with Crippen LogP contribution >= 0.6 is 0 Å². The molecule has 7 nitrogen and oxygen atoms in total. The van der Waals surface area contributed by atoms with Gasteiger partial charge in [0.2, 0.25) is 0 Å². The van der Waals surface area contributed by atoms with E-state index in [1.54, 1.807) is 6.92 Å². The van der Waals surface area contributed by atoms with Crippen molar-refractivity contribution in [3.63, 3.8) is 0 Å². The number of carbonyl (C=O) groups is 2. The van der Waals surface area contributed by atoms with E-state index in [0.29, 0.717) is 13.0 Å². The van der Waals surface area contributed by atoms with Gasteiger partial charge in [0.1, 0.15) is 6.10 Å². The number of aromatic nitrogens is 1. The van der Waals surface area contributed by atoms with Crippen molar-refractivity contribution in [1.82, 2.24) is 4.98 Å². The van der Waals surface area contributed by atoms with E-state index < -0.39 is 29.4 Å². The number of carbonyl (C=O) groups excluding carboxylic acids is 2. The van der Waals surface area contributed by atoms with E-state index in [4.69, 9.17) is 14.2 Å². The zero-order valence-electron chi connectivity index (χ0n) is 21.0. The molecule has 0 saturated carbocycles. The van der Waals surface area contributed by atoms with Crippen LogP contribution in [0.3, 0.4) is 0 Å². The first kappa shape index (κ1) is 27.3. The molecule has 0 aliphatic rings. The van der Waals surface area contributed by atoms with Gasteiger partial charge >= 0.3 is 5.97 Å². The summed E-state index contributed by atoms with van der Waals surface area (Å²) in [7, 11) is 1.39. The highest BCUT2D eigenvalue weighted by Crippen LogP contribution is 2.32. The fraction of sp³-hybridized carbons (Fsp3) is 0.519. The van der Waals surface area contributed by atoms with E-state index >= 15 is 0 Å². The van der Waals surface area contributed by atoms with E-state index in [-0.39, 0.29) is 29.5 Å². The third-order valence-electron chi connectivity index (χ3n) is 6.00. The molecule has 3 atom stereocenters. The molecule has 0 unspecified atom stereocenters. The Morgan fingerprint density at radius 1 is 1.12 bits per heavy atom. The van der Waals surface area contributed by atoms with Crippen molar-refractivity contribution in [3.8, 4) is 11.5 Å². The monoisotopic (exact) mass is 471 g/mol. The van der Waals surface area contributed by atoms with Crippen LogP contribution in [0.2, 0.25) is 0 Å². The van der Waals surface area contributed by atoms with E-state index in [2.05, 4.69) is 11.9 Å². The summed E-state index contributed by atoms with van der Waals surface area (Å²) < 4.78 is 17.0. The van der Waals surface area contributed by atoms with Crippen molar-refractivity contribution < 1.29 is 28.9 Å². The number of methoxy groups -OCH3 is 1. The lowest BCUT2D eigenvalue weighted by atomic mass is 9.81. The van der Waals surface area contributed by atoms with Crippen LogP contribution in [-0.4, -0.2) is 47.3 Å². The van der Waals surface area contributed by atoms with Gasteiger partial charge < -0.3 is 19.3 Å². The van der Waals surface area contributed by atoms with Gasteiger partial charge in [0, 0.05) is 31.2 Å². The van der Waals surface area contributed by atoms with Gasteiger partial charge in [-0.2, -0.15) is 0 Å². The molecule has 1 N–H and O–H groups in total. The number of ketones is 1. The van der Waals surface area contributed by atoms with Crippen molar-refractivity contribution in [2.24, 2.45) is 11.8 Å². The average molecular weight is 472 g/mol. The SMILES string of the molecule is CCCOC(C)(C)[C@@H](Cc1ccccc1)[C@H](C)OC(=O)[C@H](C)CC(=O)c1nccc(OC)c1O. The number of aromatic hydroxyl groups is 1. The molecule has 1 aromatic carbocycles. The third kappa shape index (κ3) is 7.29. The first-order valence-corrected chi connectivity index (χ1v) is 11.7. The number of pyridine rings is 1. The minimum Gasteiger partial charge on any atom is -0.503 e. The summed E-state index contributed by atoms with van der Waals surface area (Å²) in [4.78, 5) is 29.5. The molecule has 0 aliphatic carbocycles. The van der Waals surface area contributed by atoms with Crippen molar-refractivity contribution in [3.05, 3.63) is 53.9 Å². The maximum Gasteiger partial charge on any atom is 0.309 e. The Morgan fingerprint density at radius 3 is 2.41 bits per heavy atom. The molecule has 1 heterocycles. The van der Waals surface area contributed by atoms with Gasteiger partial charge in [-0.1, -0.05) is 44.2 Å². The van der Waals surface area contributed by atoms with Crippen LogP contribution in [-0.2, 0) is 20.7 Å². The molecule has 0 fully saturated rings. The topological polar surface area (TPSA) is 95.0 Å². The molecule has 186 valence electrons. The van der Waals surface area contributed by atoms with Gasteiger partial charge in [0.15, 0.2) is 23.0 Å². The molecule has 0 bridgehead atoms. The number of rotatable bonds is 13. The Labute approximate surface area is 202 Å². The molecule has 2 rings (SSSR count). The second-order valence-corrected chi connectivity index (χ2v) is 9.13. The quantitative estimate of drug-likeness (QED) is 0.324.